The van der Waals surface area contributed by atoms with E-state index in [1.54, 1.807) is 6.07 Å². The predicted octanol–water partition coefficient (Wildman–Crippen LogP) is 2.09. The first-order valence-electron chi connectivity index (χ1n) is 2.93. The van der Waals surface area contributed by atoms with Crippen molar-refractivity contribution >= 4 is 45.2 Å². The van der Waals surface area contributed by atoms with Gasteiger partial charge in [0.1, 0.15) is 5.75 Å². The fourth-order valence-corrected chi connectivity index (χ4v) is 1.71. The minimum absolute atomic E-state index is 0.0273. The lowest BCUT2D eigenvalue weighted by Gasteiger charge is -2.02. The molecule has 2 nitrogen and oxygen atoms in total. The summed E-state index contributed by atoms with van der Waals surface area (Å²) in [7, 11) is 0. The maximum absolute atomic E-state index is 9.29. The molecule has 0 fully saturated rings. The van der Waals surface area contributed by atoms with Crippen molar-refractivity contribution in [3.05, 3.63) is 24.8 Å². The fraction of sp³-hybridized carbons (Fsp3) is 0.143. The number of aliphatic hydroxyl groups excluding tert-OH is 1. The number of phenols is 1. The first-order chi connectivity index (χ1) is 5.15. The van der Waals surface area contributed by atoms with Crippen molar-refractivity contribution in [3.63, 3.8) is 0 Å². The summed E-state index contributed by atoms with van der Waals surface area (Å²) < 4.78 is 1.80. The Labute approximate surface area is 91.9 Å². The maximum atomic E-state index is 9.29. The van der Waals surface area contributed by atoms with Crippen molar-refractivity contribution in [2.75, 3.05) is 0 Å². The van der Waals surface area contributed by atoms with E-state index >= 15 is 0 Å². The molecule has 0 heterocycles. The molecule has 4 heteroatoms. The number of rotatable bonds is 1. The minimum Gasteiger partial charge on any atom is -0.507 e. The lowest BCUT2D eigenvalue weighted by atomic mass is 10.2. The van der Waals surface area contributed by atoms with Gasteiger partial charge in [0.2, 0.25) is 0 Å². The van der Waals surface area contributed by atoms with Gasteiger partial charge in [-0.25, -0.2) is 0 Å². The first kappa shape index (κ1) is 9.53. The van der Waals surface area contributed by atoms with Gasteiger partial charge in [-0.2, -0.15) is 0 Å². The van der Waals surface area contributed by atoms with E-state index in [2.05, 4.69) is 45.2 Å². The molecule has 0 saturated heterocycles. The Morgan fingerprint density at radius 3 is 2.36 bits per heavy atom. The normalized spacial score (nSPS) is 10.1. The van der Waals surface area contributed by atoms with Crippen molar-refractivity contribution in [2.45, 2.75) is 6.61 Å². The van der Waals surface area contributed by atoms with Gasteiger partial charge in [0, 0.05) is 3.57 Å². The highest BCUT2D eigenvalue weighted by Gasteiger charge is 2.03. The second-order valence-corrected chi connectivity index (χ2v) is 4.31. The summed E-state index contributed by atoms with van der Waals surface area (Å²) in [5.41, 5.74) is 0.743. The molecule has 1 aromatic carbocycles. The van der Waals surface area contributed by atoms with Gasteiger partial charge in [-0.1, -0.05) is 0 Å². The average Bonchev–Trinajstić information content (AvgIpc) is 1.99. The van der Waals surface area contributed by atoms with E-state index in [0.717, 1.165) is 12.7 Å². The van der Waals surface area contributed by atoms with Gasteiger partial charge >= 0.3 is 0 Å². The van der Waals surface area contributed by atoms with E-state index in [1.165, 1.54) is 0 Å². The molecule has 0 aliphatic heterocycles. The second-order valence-electron chi connectivity index (χ2n) is 2.07. The van der Waals surface area contributed by atoms with E-state index in [9.17, 15) is 5.11 Å². The van der Waals surface area contributed by atoms with Crippen LogP contribution in [0.4, 0.5) is 0 Å². The molecule has 1 rings (SSSR count). The summed E-state index contributed by atoms with van der Waals surface area (Å²) in [6.45, 7) is -0.0273. The standard InChI is InChI=1S/C7H6I2O2/c8-5-1-4(3-10)2-6(11)7(5)9/h1-2,10-11H,3H2. The van der Waals surface area contributed by atoms with Crippen LogP contribution in [0.1, 0.15) is 5.56 Å². The highest BCUT2D eigenvalue weighted by atomic mass is 127. The van der Waals surface area contributed by atoms with Crippen LogP contribution >= 0.6 is 45.2 Å². The highest BCUT2D eigenvalue weighted by molar-refractivity contribution is 14.1. The maximum Gasteiger partial charge on any atom is 0.130 e. The Hall–Kier alpha value is 0.440. The smallest absolute Gasteiger partial charge is 0.130 e. The molecule has 0 amide bonds. The quantitative estimate of drug-likeness (QED) is 0.738. The molecule has 60 valence electrons. The lowest BCUT2D eigenvalue weighted by Crippen LogP contribution is -1.87. The van der Waals surface area contributed by atoms with E-state index in [1.807, 2.05) is 6.07 Å². The topological polar surface area (TPSA) is 40.5 Å². The molecule has 0 aliphatic carbocycles. The number of halogens is 2. The van der Waals surface area contributed by atoms with Crippen molar-refractivity contribution < 1.29 is 10.2 Å². The van der Waals surface area contributed by atoms with Crippen LogP contribution in [0.3, 0.4) is 0 Å². The molecule has 0 spiro atoms. The van der Waals surface area contributed by atoms with Crippen LogP contribution in [0.25, 0.3) is 0 Å². The molecular formula is C7H6I2O2. The van der Waals surface area contributed by atoms with Crippen molar-refractivity contribution in [1.29, 1.82) is 0 Å². The van der Waals surface area contributed by atoms with Crippen molar-refractivity contribution in [3.8, 4) is 5.75 Å². The number of benzene rings is 1. The molecule has 0 saturated carbocycles. The van der Waals surface area contributed by atoms with Crippen LogP contribution in [0.5, 0.6) is 5.75 Å². The summed E-state index contributed by atoms with van der Waals surface area (Å²) in [5, 5.41) is 18.0. The molecular weight excluding hydrogens is 370 g/mol. The average molecular weight is 376 g/mol. The van der Waals surface area contributed by atoms with Crippen LogP contribution in [0.2, 0.25) is 0 Å². The van der Waals surface area contributed by atoms with Gasteiger partial charge in [-0.15, -0.1) is 0 Å². The third kappa shape index (κ3) is 2.19. The summed E-state index contributed by atoms with van der Waals surface area (Å²) in [6, 6.07) is 3.42. The molecule has 0 unspecified atom stereocenters. The zero-order valence-electron chi connectivity index (χ0n) is 5.51. The van der Waals surface area contributed by atoms with Crippen molar-refractivity contribution in [2.24, 2.45) is 0 Å². The van der Waals surface area contributed by atoms with E-state index in [-0.39, 0.29) is 12.4 Å². The Bertz CT molecular complexity index is 250. The predicted molar refractivity (Wildman–Crippen MR) is 59.5 cm³/mol. The SMILES string of the molecule is OCc1cc(O)c(I)c(I)c1. The van der Waals surface area contributed by atoms with Gasteiger partial charge in [0.25, 0.3) is 0 Å². The number of phenolic OH excluding ortho intramolecular Hbond substituents is 1. The Morgan fingerprint density at radius 1 is 1.27 bits per heavy atom. The molecule has 2 N–H and O–H groups in total. The zero-order valence-corrected chi connectivity index (χ0v) is 9.83. The number of hydrogen-bond donors (Lipinski definition) is 2. The van der Waals surface area contributed by atoms with Crippen LogP contribution in [0, 0.1) is 7.14 Å². The third-order valence-electron chi connectivity index (χ3n) is 1.25. The summed E-state index contributed by atoms with van der Waals surface area (Å²) >= 11 is 4.18. The molecule has 0 radical (unpaired) electrons. The van der Waals surface area contributed by atoms with E-state index < -0.39 is 0 Å². The van der Waals surface area contributed by atoms with Crippen LogP contribution in [-0.2, 0) is 6.61 Å². The minimum atomic E-state index is -0.0273. The van der Waals surface area contributed by atoms with E-state index in [0.29, 0.717) is 0 Å². The third-order valence-corrected chi connectivity index (χ3v) is 4.27. The molecule has 11 heavy (non-hydrogen) atoms. The van der Waals surface area contributed by atoms with Gasteiger partial charge in [-0.05, 0) is 62.9 Å². The monoisotopic (exact) mass is 376 g/mol. The zero-order chi connectivity index (χ0) is 8.43. The molecule has 0 aliphatic rings. The molecule has 0 atom stereocenters. The first-order valence-corrected chi connectivity index (χ1v) is 5.08. The van der Waals surface area contributed by atoms with Gasteiger partial charge in [-0.3, -0.25) is 0 Å². The molecule has 0 bridgehead atoms. The fourth-order valence-electron chi connectivity index (χ4n) is 0.720. The lowest BCUT2D eigenvalue weighted by molar-refractivity contribution is 0.281. The van der Waals surface area contributed by atoms with Gasteiger partial charge in [0.15, 0.2) is 0 Å². The van der Waals surface area contributed by atoms with Gasteiger partial charge in [0.05, 0.1) is 10.2 Å². The molecule has 0 aromatic heterocycles. The Morgan fingerprint density at radius 2 is 1.91 bits per heavy atom. The van der Waals surface area contributed by atoms with Crippen LogP contribution < -0.4 is 0 Å². The molecule has 1 aromatic rings. The van der Waals surface area contributed by atoms with Gasteiger partial charge < -0.3 is 10.2 Å². The summed E-state index contributed by atoms with van der Waals surface area (Å²) in [4.78, 5) is 0. The van der Waals surface area contributed by atoms with Crippen molar-refractivity contribution in [1.82, 2.24) is 0 Å². The largest absolute Gasteiger partial charge is 0.507 e. The summed E-state index contributed by atoms with van der Waals surface area (Å²) in [5.74, 6) is 0.238. The second kappa shape index (κ2) is 3.90. The Balaban J connectivity index is 3.21. The van der Waals surface area contributed by atoms with Crippen LogP contribution in [0.15, 0.2) is 12.1 Å². The number of aromatic hydroxyl groups is 1. The Kier molecular flexibility index (Phi) is 3.38. The number of aliphatic hydroxyl groups is 1. The highest BCUT2D eigenvalue weighted by Crippen LogP contribution is 2.26. The number of hydrogen-bond acceptors (Lipinski definition) is 2. The van der Waals surface area contributed by atoms with E-state index in [4.69, 9.17) is 5.11 Å². The summed E-state index contributed by atoms with van der Waals surface area (Å²) in [6.07, 6.45) is 0. The van der Waals surface area contributed by atoms with Crippen LogP contribution in [-0.4, -0.2) is 10.2 Å².